The average molecular weight is 365 g/mol. The summed E-state index contributed by atoms with van der Waals surface area (Å²) in [5.74, 6) is 0.766. The SMILES string of the molecule is CC(C)Oc1nc(-n2nc(-c3ccccc3)[nH]c2=O)c(Cl)cc1Cl. The Morgan fingerprint density at radius 1 is 1.17 bits per heavy atom. The second kappa shape index (κ2) is 6.67. The number of H-pyrrole nitrogens is 1. The Labute approximate surface area is 148 Å². The molecule has 3 aromatic rings. The van der Waals surface area contributed by atoms with Crippen LogP contribution in [-0.4, -0.2) is 25.9 Å². The number of rotatable bonds is 4. The molecule has 3 rings (SSSR count). The highest BCUT2D eigenvalue weighted by Crippen LogP contribution is 2.30. The molecule has 0 unspecified atom stereocenters. The van der Waals surface area contributed by atoms with Gasteiger partial charge >= 0.3 is 5.69 Å². The zero-order valence-electron chi connectivity index (χ0n) is 13.0. The Bertz CT molecular complexity index is 920. The lowest BCUT2D eigenvalue weighted by molar-refractivity contribution is 0.232. The molecule has 24 heavy (non-hydrogen) atoms. The van der Waals surface area contributed by atoms with Crippen molar-refractivity contribution in [1.82, 2.24) is 19.7 Å². The first-order valence-corrected chi connectivity index (χ1v) is 7.99. The molecule has 1 aromatic carbocycles. The van der Waals surface area contributed by atoms with E-state index in [0.717, 1.165) is 10.2 Å². The molecule has 1 N–H and O–H groups in total. The van der Waals surface area contributed by atoms with Crippen LogP contribution in [0.3, 0.4) is 0 Å². The first kappa shape index (κ1) is 16.5. The van der Waals surface area contributed by atoms with Crippen LogP contribution in [0.4, 0.5) is 0 Å². The average Bonchev–Trinajstić information content (AvgIpc) is 2.92. The van der Waals surface area contributed by atoms with Crippen molar-refractivity contribution in [3.63, 3.8) is 0 Å². The molecule has 0 atom stereocenters. The maximum Gasteiger partial charge on any atom is 0.349 e. The van der Waals surface area contributed by atoms with Crippen molar-refractivity contribution in [2.45, 2.75) is 20.0 Å². The Hall–Kier alpha value is -2.31. The molecule has 0 bridgehead atoms. The highest BCUT2D eigenvalue weighted by atomic mass is 35.5. The normalized spacial score (nSPS) is 11.0. The molecule has 0 amide bonds. The van der Waals surface area contributed by atoms with E-state index in [1.165, 1.54) is 6.07 Å². The molecule has 0 aliphatic carbocycles. The molecule has 0 fully saturated rings. The number of nitrogens with one attached hydrogen (secondary N) is 1. The van der Waals surface area contributed by atoms with Gasteiger partial charge in [0.2, 0.25) is 5.88 Å². The van der Waals surface area contributed by atoms with Crippen LogP contribution in [-0.2, 0) is 0 Å². The molecule has 0 saturated heterocycles. The van der Waals surface area contributed by atoms with E-state index in [4.69, 9.17) is 27.9 Å². The highest BCUT2D eigenvalue weighted by molar-refractivity contribution is 6.36. The summed E-state index contributed by atoms with van der Waals surface area (Å²) >= 11 is 12.3. The van der Waals surface area contributed by atoms with Crippen molar-refractivity contribution >= 4 is 23.2 Å². The first-order chi connectivity index (χ1) is 11.5. The minimum Gasteiger partial charge on any atom is -0.474 e. The number of pyridine rings is 1. The summed E-state index contributed by atoms with van der Waals surface area (Å²) in [6.45, 7) is 3.70. The number of nitrogens with zero attached hydrogens (tertiary/aromatic N) is 3. The van der Waals surface area contributed by atoms with E-state index in [2.05, 4.69) is 15.1 Å². The standard InChI is InChI=1S/C16H14Cl2N4O2/c1-9(2)24-15-12(18)8-11(17)14(20-15)22-16(23)19-13(21-22)10-6-4-3-5-7-10/h3-9H,1-2H3,(H,19,21,23). The van der Waals surface area contributed by atoms with Gasteiger partial charge in [0, 0.05) is 5.56 Å². The van der Waals surface area contributed by atoms with Crippen molar-refractivity contribution in [3.05, 3.63) is 56.9 Å². The van der Waals surface area contributed by atoms with Gasteiger partial charge in [-0.3, -0.25) is 4.98 Å². The zero-order valence-corrected chi connectivity index (χ0v) is 14.5. The van der Waals surface area contributed by atoms with Crippen molar-refractivity contribution in [2.24, 2.45) is 0 Å². The molecule has 2 aromatic heterocycles. The van der Waals surface area contributed by atoms with E-state index in [-0.39, 0.29) is 27.8 Å². The molecular formula is C16H14Cl2N4O2. The molecule has 124 valence electrons. The summed E-state index contributed by atoms with van der Waals surface area (Å²) < 4.78 is 6.63. The number of aromatic nitrogens is 4. The smallest absolute Gasteiger partial charge is 0.349 e. The van der Waals surface area contributed by atoms with Gasteiger partial charge in [-0.25, -0.2) is 4.79 Å². The minimum absolute atomic E-state index is 0.125. The van der Waals surface area contributed by atoms with Gasteiger partial charge in [-0.15, -0.1) is 5.10 Å². The maximum atomic E-state index is 12.3. The summed E-state index contributed by atoms with van der Waals surface area (Å²) in [6, 6.07) is 10.8. The van der Waals surface area contributed by atoms with E-state index >= 15 is 0 Å². The summed E-state index contributed by atoms with van der Waals surface area (Å²) in [5, 5.41) is 4.73. The van der Waals surface area contributed by atoms with Crippen LogP contribution in [0.1, 0.15) is 13.8 Å². The fourth-order valence-corrected chi connectivity index (χ4v) is 2.57. The molecule has 0 spiro atoms. The van der Waals surface area contributed by atoms with Crippen LogP contribution in [0.15, 0.2) is 41.2 Å². The van der Waals surface area contributed by atoms with Crippen LogP contribution in [0.5, 0.6) is 5.88 Å². The third-order valence-electron chi connectivity index (χ3n) is 3.09. The fourth-order valence-electron chi connectivity index (χ4n) is 2.09. The number of halogens is 2. The van der Waals surface area contributed by atoms with Gasteiger partial charge < -0.3 is 4.74 Å². The molecule has 0 saturated carbocycles. The summed E-state index contributed by atoms with van der Waals surface area (Å²) in [4.78, 5) is 19.2. The Balaban J connectivity index is 2.09. The van der Waals surface area contributed by atoms with E-state index < -0.39 is 5.69 Å². The molecule has 0 aliphatic rings. The summed E-state index contributed by atoms with van der Waals surface area (Å²) in [6.07, 6.45) is -0.125. The lowest BCUT2D eigenvalue weighted by Crippen LogP contribution is -2.18. The molecule has 0 aliphatic heterocycles. The van der Waals surface area contributed by atoms with E-state index in [0.29, 0.717) is 5.82 Å². The second-order valence-corrected chi connectivity index (χ2v) is 6.12. The quantitative estimate of drug-likeness (QED) is 0.765. The third kappa shape index (κ3) is 3.29. The number of hydrogen-bond acceptors (Lipinski definition) is 4. The molecule has 0 radical (unpaired) electrons. The van der Waals surface area contributed by atoms with Crippen molar-refractivity contribution in [3.8, 4) is 23.1 Å². The number of aromatic amines is 1. The molecule has 2 heterocycles. The van der Waals surface area contributed by atoms with Crippen LogP contribution in [0.25, 0.3) is 17.2 Å². The van der Waals surface area contributed by atoms with Gasteiger partial charge in [0.25, 0.3) is 0 Å². The predicted molar refractivity (Wildman–Crippen MR) is 93.2 cm³/mol. The fraction of sp³-hybridized carbons (Fsp3) is 0.188. The van der Waals surface area contributed by atoms with Crippen LogP contribution < -0.4 is 10.4 Å². The van der Waals surface area contributed by atoms with Gasteiger partial charge in [-0.1, -0.05) is 53.5 Å². The van der Waals surface area contributed by atoms with Crippen molar-refractivity contribution in [2.75, 3.05) is 0 Å². The molecule has 6 nitrogen and oxygen atoms in total. The van der Waals surface area contributed by atoms with Gasteiger partial charge in [0.05, 0.1) is 11.1 Å². The van der Waals surface area contributed by atoms with E-state index in [1.807, 2.05) is 44.2 Å². The van der Waals surface area contributed by atoms with E-state index in [1.54, 1.807) is 0 Å². The topological polar surface area (TPSA) is 72.8 Å². The van der Waals surface area contributed by atoms with Crippen molar-refractivity contribution < 1.29 is 4.74 Å². The Kier molecular flexibility index (Phi) is 4.59. The lowest BCUT2D eigenvalue weighted by atomic mass is 10.2. The Morgan fingerprint density at radius 2 is 1.88 bits per heavy atom. The monoisotopic (exact) mass is 364 g/mol. The summed E-state index contributed by atoms with van der Waals surface area (Å²) in [7, 11) is 0. The highest BCUT2D eigenvalue weighted by Gasteiger charge is 2.17. The van der Waals surface area contributed by atoms with Gasteiger partial charge in [-0.2, -0.15) is 9.67 Å². The predicted octanol–water partition coefficient (Wildman–Crippen LogP) is 3.72. The molecular weight excluding hydrogens is 351 g/mol. The van der Waals surface area contributed by atoms with Crippen LogP contribution in [0.2, 0.25) is 10.0 Å². The third-order valence-corrected chi connectivity index (χ3v) is 3.64. The number of ether oxygens (including phenoxy) is 1. The minimum atomic E-state index is -0.457. The number of hydrogen-bond donors (Lipinski definition) is 1. The maximum absolute atomic E-state index is 12.3. The van der Waals surface area contributed by atoms with E-state index in [9.17, 15) is 4.79 Å². The lowest BCUT2D eigenvalue weighted by Gasteiger charge is -2.12. The van der Waals surface area contributed by atoms with Crippen LogP contribution >= 0.6 is 23.2 Å². The van der Waals surface area contributed by atoms with Gasteiger partial charge in [0.1, 0.15) is 5.02 Å². The van der Waals surface area contributed by atoms with Gasteiger partial charge in [0.15, 0.2) is 11.6 Å². The number of benzene rings is 1. The van der Waals surface area contributed by atoms with Crippen molar-refractivity contribution in [1.29, 1.82) is 0 Å². The van der Waals surface area contributed by atoms with Gasteiger partial charge in [-0.05, 0) is 19.9 Å². The first-order valence-electron chi connectivity index (χ1n) is 7.23. The summed E-state index contributed by atoms with van der Waals surface area (Å²) in [5.41, 5.74) is 0.318. The second-order valence-electron chi connectivity index (χ2n) is 5.30. The largest absolute Gasteiger partial charge is 0.474 e. The van der Waals surface area contributed by atoms with Crippen LogP contribution in [0, 0.1) is 0 Å². The Morgan fingerprint density at radius 3 is 2.54 bits per heavy atom. The zero-order chi connectivity index (χ0) is 17.3. The molecule has 8 heteroatoms.